The van der Waals surface area contributed by atoms with Crippen LogP contribution in [0, 0.1) is 5.82 Å². The third-order valence-electron chi connectivity index (χ3n) is 3.36. The zero-order chi connectivity index (χ0) is 13.7. The third kappa shape index (κ3) is 4.61. The molecular weight excluding hydrogens is 247 g/mol. The van der Waals surface area contributed by atoms with Crippen molar-refractivity contribution in [3.8, 4) is 0 Å². The highest BCUT2D eigenvalue weighted by Gasteiger charge is 2.21. The normalized spacial score (nSPS) is 19.7. The molecule has 1 unspecified atom stereocenters. The Morgan fingerprint density at radius 1 is 1.42 bits per heavy atom. The molecule has 0 amide bonds. The molecule has 0 aliphatic carbocycles. The molecule has 1 fully saturated rings. The van der Waals surface area contributed by atoms with Crippen molar-refractivity contribution < 1.29 is 14.3 Å². The Balaban J connectivity index is 1.72. The van der Waals surface area contributed by atoms with Crippen LogP contribution >= 0.6 is 0 Å². The molecule has 1 aliphatic rings. The molecule has 0 saturated carbocycles. The van der Waals surface area contributed by atoms with E-state index in [1.807, 2.05) is 0 Å². The maximum Gasteiger partial charge on any atom is 0.304 e. The first-order valence-corrected chi connectivity index (χ1v) is 6.55. The van der Waals surface area contributed by atoms with Gasteiger partial charge in [0.15, 0.2) is 0 Å². The van der Waals surface area contributed by atoms with Crippen LogP contribution in [0.25, 0.3) is 0 Å². The number of aliphatic carboxylic acids is 1. The minimum absolute atomic E-state index is 0.161. The molecule has 4 nitrogen and oxygen atoms in total. The van der Waals surface area contributed by atoms with Crippen molar-refractivity contribution in [3.63, 3.8) is 0 Å². The first-order valence-electron chi connectivity index (χ1n) is 6.55. The van der Waals surface area contributed by atoms with Crippen molar-refractivity contribution in [2.45, 2.75) is 25.4 Å². The molecule has 0 radical (unpaired) electrons. The van der Waals surface area contributed by atoms with Crippen molar-refractivity contribution in [2.24, 2.45) is 0 Å². The Morgan fingerprint density at radius 3 is 2.84 bits per heavy atom. The summed E-state index contributed by atoms with van der Waals surface area (Å²) in [5.41, 5.74) is 1.10. The number of likely N-dealkylation sites (tertiary alicyclic amines) is 1. The molecule has 1 saturated heterocycles. The van der Waals surface area contributed by atoms with Crippen molar-refractivity contribution in [1.82, 2.24) is 10.2 Å². The van der Waals surface area contributed by atoms with Crippen LogP contribution in [-0.4, -0.2) is 41.7 Å². The van der Waals surface area contributed by atoms with Crippen LogP contribution in [-0.2, 0) is 11.3 Å². The smallest absolute Gasteiger partial charge is 0.304 e. The number of nitrogens with one attached hydrogen (secondary N) is 1. The van der Waals surface area contributed by atoms with Gasteiger partial charge in [0.1, 0.15) is 5.82 Å². The number of carboxylic acids is 1. The quantitative estimate of drug-likeness (QED) is 0.818. The fourth-order valence-corrected chi connectivity index (χ4v) is 2.37. The maximum atomic E-state index is 12.8. The van der Waals surface area contributed by atoms with Gasteiger partial charge >= 0.3 is 5.97 Å². The van der Waals surface area contributed by atoms with Crippen LogP contribution in [0.1, 0.15) is 18.4 Å². The second-order valence-corrected chi connectivity index (χ2v) is 4.95. The monoisotopic (exact) mass is 266 g/mol. The van der Waals surface area contributed by atoms with Gasteiger partial charge in [0.2, 0.25) is 0 Å². The molecule has 1 aromatic carbocycles. The van der Waals surface area contributed by atoms with E-state index in [9.17, 15) is 9.18 Å². The fourth-order valence-electron chi connectivity index (χ4n) is 2.37. The number of nitrogens with zero attached hydrogens (tertiary/aromatic N) is 1. The topological polar surface area (TPSA) is 52.6 Å². The Bertz CT molecular complexity index is 422. The van der Waals surface area contributed by atoms with E-state index in [1.54, 1.807) is 12.1 Å². The highest BCUT2D eigenvalue weighted by molar-refractivity contribution is 5.66. The zero-order valence-corrected chi connectivity index (χ0v) is 10.8. The van der Waals surface area contributed by atoms with Gasteiger partial charge in [-0.25, -0.2) is 4.39 Å². The Kier molecular flexibility index (Phi) is 4.87. The van der Waals surface area contributed by atoms with Gasteiger partial charge in [0.25, 0.3) is 0 Å². The van der Waals surface area contributed by atoms with E-state index in [-0.39, 0.29) is 12.2 Å². The van der Waals surface area contributed by atoms with Gasteiger partial charge in [-0.2, -0.15) is 0 Å². The number of halogens is 1. The largest absolute Gasteiger partial charge is 0.481 e. The van der Waals surface area contributed by atoms with Crippen LogP contribution in [0.5, 0.6) is 0 Å². The van der Waals surface area contributed by atoms with E-state index < -0.39 is 5.97 Å². The van der Waals surface area contributed by atoms with Crippen LogP contribution < -0.4 is 5.32 Å². The molecule has 1 heterocycles. The van der Waals surface area contributed by atoms with Gasteiger partial charge < -0.3 is 10.4 Å². The third-order valence-corrected chi connectivity index (χ3v) is 3.36. The second-order valence-electron chi connectivity index (χ2n) is 4.95. The van der Waals surface area contributed by atoms with E-state index in [2.05, 4.69) is 10.2 Å². The summed E-state index contributed by atoms with van der Waals surface area (Å²) in [7, 11) is 0. The number of benzene rings is 1. The summed E-state index contributed by atoms with van der Waals surface area (Å²) < 4.78 is 12.8. The van der Waals surface area contributed by atoms with E-state index in [0.717, 1.165) is 31.6 Å². The second kappa shape index (κ2) is 6.63. The van der Waals surface area contributed by atoms with Crippen LogP contribution in [0.2, 0.25) is 0 Å². The van der Waals surface area contributed by atoms with E-state index >= 15 is 0 Å². The lowest BCUT2D eigenvalue weighted by molar-refractivity contribution is -0.136. The SMILES string of the molecule is O=C(O)CCNC1CCN(Cc2ccc(F)cc2)C1. The van der Waals surface area contributed by atoms with Gasteiger partial charge in [-0.3, -0.25) is 9.69 Å². The van der Waals surface area contributed by atoms with Crippen LogP contribution in [0.3, 0.4) is 0 Å². The highest BCUT2D eigenvalue weighted by Crippen LogP contribution is 2.14. The summed E-state index contributed by atoms with van der Waals surface area (Å²) in [5.74, 6) is -0.980. The molecule has 0 aromatic heterocycles. The molecule has 0 spiro atoms. The van der Waals surface area contributed by atoms with Crippen molar-refractivity contribution in [3.05, 3.63) is 35.6 Å². The molecule has 2 rings (SSSR count). The molecule has 0 bridgehead atoms. The molecule has 1 atom stereocenters. The lowest BCUT2D eigenvalue weighted by Gasteiger charge is -2.16. The molecule has 2 N–H and O–H groups in total. The van der Waals surface area contributed by atoms with Gasteiger partial charge in [-0.05, 0) is 24.1 Å². The number of hydrogen-bond acceptors (Lipinski definition) is 3. The zero-order valence-electron chi connectivity index (χ0n) is 10.8. The Morgan fingerprint density at radius 2 is 2.16 bits per heavy atom. The fraction of sp³-hybridized carbons (Fsp3) is 0.500. The summed E-state index contributed by atoms with van der Waals surface area (Å²) in [6.45, 7) is 3.24. The lowest BCUT2D eigenvalue weighted by Crippen LogP contribution is -2.33. The molecule has 5 heteroatoms. The predicted octanol–water partition coefficient (Wildman–Crippen LogP) is 1.46. The number of carbonyl (C=O) groups is 1. The van der Waals surface area contributed by atoms with E-state index in [0.29, 0.717) is 12.6 Å². The number of carboxylic acid groups (broad SMARTS) is 1. The Hall–Kier alpha value is -1.46. The molecule has 104 valence electrons. The summed E-state index contributed by atoms with van der Waals surface area (Å²) in [5, 5.41) is 11.8. The number of hydrogen-bond donors (Lipinski definition) is 2. The van der Waals surface area contributed by atoms with Gasteiger partial charge in [0, 0.05) is 32.2 Å². The van der Waals surface area contributed by atoms with Crippen LogP contribution in [0.4, 0.5) is 4.39 Å². The minimum Gasteiger partial charge on any atom is -0.481 e. The maximum absolute atomic E-state index is 12.8. The molecule has 1 aliphatic heterocycles. The van der Waals surface area contributed by atoms with Crippen LogP contribution in [0.15, 0.2) is 24.3 Å². The standard InChI is InChI=1S/C14H19FN2O2/c15-12-3-1-11(2-4-12)9-17-8-6-13(10-17)16-7-5-14(18)19/h1-4,13,16H,5-10H2,(H,18,19). The van der Waals surface area contributed by atoms with Crippen molar-refractivity contribution in [2.75, 3.05) is 19.6 Å². The van der Waals surface area contributed by atoms with Crippen molar-refractivity contribution >= 4 is 5.97 Å². The van der Waals surface area contributed by atoms with Gasteiger partial charge in [-0.15, -0.1) is 0 Å². The van der Waals surface area contributed by atoms with Gasteiger partial charge in [0.05, 0.1) is 6.42 Å². The lowest BCUT2D eigenvalue weighted by atomic mass is 10.2. The summed E-state index contributed by atoms with van der Waals surface area (Å²) in [4.78, 5) is 12.7. The summed E-state index contributed by atoms with van der Waals surface area (Å²) in [6, 6.07) is 6.93. The van der Waals surface area contributed by atoms with E-state index in [4.69, 9.17) is 5.11 Å². The first kappa shape index (κ1) is 14.0. The molecular formula is C14H19FN2O2. The highest BCUT2D eigenvalue weighted by atomic mass is 19.1. The summed E-state index contributed by atoms with van der Waals surface area (Å²) in [6.07, 6.45) is 1.19. The van der Waals surface area contributed by atoms with Crippen molar-refractivity contribution in [1.29, 1.82) is 0 Å². The van der Waals surface area contributed by atoms with E-state index in [1.165, 1.54) is 12.1 Å². The molecule has 19 heavy (non-hydrogen) atoms. The summed E-state index contributed by atoms with van der Waals surface area (Å²) >= 11 is 0. The minimum atomic E-state index is -0.770. The molecule has 1 aromatic rings. The van der Waals surface area contributed by atoms with Gasteiger partial charge in [-0.1, -0.05) is 12.1 Å². The predicted molar refractivity (Wildman–Crippen MR) is 70.3 cm³/mol. The first-order chi connectivity index (χ1) is 9.13. The Labute approximate surface area is 112 Å². The average molecular weight is 266 g/mol. The number of rotatable bonds is 6. The average Bonchev–Trinajstić information content (AvgIpc) is 2.79.